The Labute approximate surface area is 232 Å². The summed E-state index contributed by atoms with van der Waals surface area (Å²) in [4.78, 5) is 4.35. The largest absolute Gasteiger partial charge is 0.493 e. The molecule has 0 aliphatic rings. The van der Waals surface area contributed by atoms with E-state index in [1.165, 1.54) is 31.6 Å². The first-order chi connectivity index (χ1) is 19.3. The first-order valence-corrected chi connectivity index (χ1v) is 13.8. The van der Waals surface area contributed by atoms with E-state index >= 15 is 0 Å². The molecular weight excluding hydrogens is 530 g/mol. The summed E-state index contributed by atoms with van der Waals surface area (Å²) in [5, 5.41) is 10.2. The second-order valence-corrected chi connectivity index (χ2v) is 10.8. The molecule has 2 aromatic heterocycles. The van der Waals surface area contributed by atoms with Crippen molar-refractivity contribution in [1.29, 1.82) is 0 Å². The fourth-order valence-corrected chi connectivity index (χ4v) is 5.74. The summed E-state index contributed by atoms with van der Waals surface area (Å²) in [6.07, 6.45) is 3.16. The number of anilines is 1. The maximum absolute atomic E-state index is 13.8. The highest BCUT2D eigenvalue weighted by Crippen LogP contribution is 2.42. The van der Waals surface area contributed by atoms with Crippen LogP contribution in [-0.2, 0) is 16.6 Å². The van der Waals surface area contributed by atoms with Crippen LogP contribution in [0.4, 0.5) is 5.69 Å². The zero-order chi connectivity index (χ0) is 28.3. The third-order valence-corrected chi connectivity index (χ3v) is 8.12. The van der Waals surface area contributed by atoms with E-state index in [1.807, 2.05) is 37.3 Å². The van der Waals surface area contributed by atoms with Gasteiger partial charge >= 0.3 is 0 Å². The lowest BCUT2D eigenvalue weighted by atomic mass is 10.1. The van der Waals surface area contributed by atoms with Gasteiger partial charge in [0.2, 0.25) is 5.75 Å². The van der Waals surface area contributed by atoms with Gasteiger partial charge in [-0.2, -0.15) is 5.10 Å². The number of hydrogen-bond donors (Lipinski definition) is 2. The number of aryl methyl sites for hydroxylation is 1. The fraction of sp³-hybridized carbons (Fsp3) is 0.172. The van der Waals surface area contributed by atoms with Crippen molar-refractivity contribution >= 4 is 15.7 Å². The number of nitrogens with zero attached hydrogens (tertiary/aromatic N) is 3. The molecule has 0 aliphatic carbocycles. The highest BCUT2D eigenvalue weighted by Gasteiger charge is 2.24. The van der Waals surface area contributed by atoms with Crippen LogP contribution in [0.25, 0.3) is 22.6 Å². The number of nitrogens with one attached hydrogen (secondary N) is 2. The molecule has 10 nitrogen and oxygen atoms in total. The maximum atomic E-state index is 13.8. The Kier molecular flexibility index (Phi) is 7.47. The van der Waals surface area contributed by atoms with Crippen molar-refractivity contribution in [2.45, 2.75) is 18.4 Å². The van der Waals surface area contributed by atoms with Gasteiger partial charge in [0.25, 0.3) is 10.0 Å². The Hall–Kier alpha value is -4.77. The van der Waals surface area contributed by atoms with Gasteiger partial charge in [0.15, 0.2) is 17.3 Å². The van der Waals surface area contributed by atoms with Crippen molar-refractivity contribution in [3.8, 4) is 39.9 Å². The fourth-order valence-electron chi connectivity index (χ4n) is 4.34. The van der Waals surface area contributed by atoms with E-state index in [9.17, 15) is 8.42 Å². The zero-order valence-corrected chi connectivity index (χ0v) is 23.3. The SMILES string of the molecule is COc1cc(-c2cc(CNc3ccc(-c4nc[nH]n4)cc3)cn2S(=O)(=O)c2ccc(C)cc2)cc(OC)c1OC. The number of benzene rings is 3. The molecule has 0 amide bonds. The average molecular weight is 560 g/mol. The second-order valence-electron chi connectivity index (χ2n) is 9.02. The molecule has 0 fully saturated rings. The Balaban J connectivity index is 1.53. The molecule has 0 spiro atoms. The Bertz CT molecular complexity index is 1690. The molecule has 3 aromatic carbocycles. The third-order valence-electron chi connectivity index (χ3n) is 6.44. The number of H-pyrrole nitrogens is 1. The lowest BCUT2D eigenvalue weighted by molar-refractivity contribution is 0.324. The zero-order valence-electron chi connectivity index (χ0n) is 22.5. The Morgan fingerprint density at radius 2 is 1.55 bits per heavy atom. The molecule has 2 heterocycles. The summed E-state index contributed by atoms with van der Waals surface area (Å²) in [5.41, 5.74) is 4.52. The molecule has 0 saturated carbocycles. The summed E-state index contributed by atoms with van der Waals surface area (Å²) >= 11 is 0. The van der Waals surface area contributed by atoms with Crippen LogP contribution in [0.1, 0.15) is 11.1 Å². The van der Waals surface area contributed by atoms with Gasteiger partial charge in [-0.25, -0.2) is 17.4 Å². The van der Waals surface area contributed by atoms with Crippen molar-refractivity contribution in [3.63, 3.8) is 0 Å². The summed E-state index contributed by atoms with van der Waals surface area (Å²) in [5.74, 6) is 1.87. The summed E-state index contributed by atoms with van der Waals surface area (Å²) < 4.78 is 45.5. The Morgan fingerprint density at radius 3 is 2.12 bits per heavy atom. The predicted molar refractivity (Wildman–Crippen MR) is 152 cm³/mol. The quantitative estimate of drug-likeness (QED) is 0.242. The molecule has 206 valence electrons. The van der Waals surface area contributed by atoms with Crippen LogP contribution in [0.5, 0.6) is 17.2 Å². The van der Waals surface area contributed by atoms with Gasteiger partial charge < -0.3 is 19.5 Å². The predicted octanol–water partition coefficient (Wildman–Crippen LogP) is 5.12. The number of aromatic nitrogens is 4. The van der Waals surface area contributed by atoms with E-state index in [1.54, 1.807) is 42.6 Å². The van der Waals surface area contributed by atoms with Gasteiger partial charge in [0.05, 0.1) is 31.9 Å². The van der Waals surface area contributed by atoms with E-state index < -0.39 is 10.0 Å². The summed E-state index contributed by atoms with van der Waals surface area (Å²) in [7, 11) is 0.637. The van der Waals surface area contributed by atoms with Crippen LogP contribution in [0.3, 0.4) is 0 Å². The molecular formula is C29H29N5O5S. The summed E-state index contributed by atoms with van der Waals surface area (Å²) in [6, 6.07) is 19.8. The number of hydrogen-bond acceptors (Lipinski definition) is 8. The molecule has 0 aliphatic heterocycles. The second kappa shape index (κ2) is 11.1. The highest BCUT2D eigenvalue weighted by atomic mass is 32.2. The van der Waals surface area contributed by atoms with Gasteiger partial charge in [0, 0.05) is 29.6 Å². The van der Waals surface area contributed by atoms with Crippen LogP contribution in [0.2, 0.25) is 0 Å². The first kappa shape index (κ1) is 26.8. The topological polar surface area (TPSA) is 120 Å². The monoisotopic (exact) mass is 559 g/mol. The van der Waals surface area contributed by atoms with Crippen molar-refractivity contribution in [1.82, 2.24) is 19.2 Å². The van der Waals surface area contributed by atoms with Crippen LogP contribution in [0.15, 0.2) is 84.1 Å². The van der Waals surface area contributed by atoms with Gasteiger partial charge in [-0.05, 0) is 67.1 Å². The van der Waals surface area contributed by atoms with Crippen molar-refractivity contribution in [2.75, 3.05) is 26.6 Å². The van der Waals surface area contributed by atoms with Crippen LogP contribution in [0, 0.1) is 6.92 Å². The first-order valence-electron chi connectivity index (χ1n) is 12.4. The molecule has 0 saturated heterocycles. The molecule has 0 unspecified atom stereocenters. The van der Waals surface area contributed by atoms with Crippen molar-refractivity contribution in [2.24, 2.45) is 0 Å². The lowest BCUT2D eigenvalue weighted by Gasteiger charge is -2.16. The molecule has 5 rings (SSSR count). The van der Waals surface area contributed by atoms with Gasteiger partial charge in [-0.1, -0.05) is 17.7 Å². The van der Waals surface area contributed by atoms with E-state index in [0.717, 1.165) is 22.4 Å². The molecule has 0 bridgehead atoms. The van der Waals surface area contributed by atoms with E-state index in [2.05, 4.69) is 20.5 Å². The van der Waals surface area contributed by atoms with Crippen LogP contribution >= 0.6 is 0 Å². The van der Waals surface area contributed by atoms with Gasteiger partial charge in [-0.15, -0.1) is 0 Å². The molecule has 0 radical (unpaired) electrons. The standard InChI is InChI=1S/C29H29N5O5S/c1-19-5-11-24(12-6-19)40(35,36)34-17-20(16-30-23-9-7-21(8-10-23)29-31-18-32-33-29)13-25(34)22-14-26(37-2)28(39-4)27(15-22)38-3/h5-15,17-18,30H,16H2,1-4H3,(H,31,32,33). The number of methoxy groups -OCH3 is 3. The van der Waals surface area contributed by atoms with Crippen LogP contribution < -0.4 is 19.5 Å². The van der Waals surface area contributed by atoms with E-state index in [-0.39, 0.29) is 4.90 Å². The number of rotatable bonds is 10. The molecule has 5 aromatic rings. The normalized spacial score (nSPS) is 11.3. The molecule has 40 heavy (non-hydrogen) atoms. The molecule has 2 N–H and O–H groups in total. The highest BCUT2D eigenvalue weighted by molar-refractivity contribution is 7.90. The van der Waals surface area contributed by atoms with Crippen LogP contribution in [-0.4, -0.2) is 48.9 Å². The molecule has 11 heteroatoms. The van der Waals surface area contributed by atoms with Gasteiger partial charge in [0.1, 0.15) is 6.33 Å². The minimum absolute atomic E-state index is 0.185. The summed E-state index contributed by atoms with van der Waals surface area (Å²) in [6.45, 7) is 2.29. The van der Waals surface area contributed by atoms with Crippen molar-refractivity contribution in [3.05, 3.63) is 90.4 Å². The lowest BCUT2D eigenvalue weighted by Crippen LogP contribution is -2.13. The maximum Gasteiger partial charge on any atom is 0.268 e. The van der Waals surface area contributed by atoms with Crippen molar-refractivity contribution < 1.29 is 22.6 Å². The third kappa shape index (κ3) is 5.23. The minimum atomic E-state index is -3.92. The van der Waals surface area contributed by atoms with Gasteiger partial charge in [-0.3, -0.25) is 5.10 Å². The Morgan fingerprint density at radius 1 is 0.875 bits per heavy atom. The smallest absolute Gasteiger partial charge is 0.268 e. The van der Waals surface area contributed by atoms with E-state index in [4.69, 9.17) is 14.2 Å². The number of aromatic amines is 1. The average Bonchev–Trinajstić information content (AvgIpc) is 3.67. The number of ether oxygens (including phenoxy) is 3. The minimum Gasteiger partial charge on any atom is -0.493 e. The molecule has 0 atom stereocenters. The van der Waals surface area contributed by atoms with E-state index in [0.29, 0.717) is 40.9 Å².